The molecular weight excluding hydrogens is 322 g/mol. The van der Waals surface area contributed by atoms with E-state index in [1.54, 1.807) is 18.2 Å². The lowest BCUT2D eigenvalue weighted by atomic mass is 9.94. The number of H-pyrrole nitrogens is 1. The zero-order valence-corrected chi connectivity index (χ0v) is 15.0. The van der Waals surface area contributed by atoms with E-state index in [9.17, 15) is 9.59 Å². The predicted molar refractivity (Wildman–Crippen MR) is 98.0 cm³/mol. The van der Waals surface area contributed by atoms with Crippen LogP contribution in [0.5, 0.6) is 0 Å². The SMILES string of the molecule is CCn1c(=S)[nH]c2cc(C(=O)N(C)C3CCCCC3)ccc2c1=O. The van der Waals surface area contributed by atoms with Crippen molar-refractivity contribution in [3.05, 3.63) is 38.9 Å². The summed E-state index contributed by atoms with van der Waals surface area (Å²) in [6.07, 6.45) is 5.76. The van der Waals surface area contributed by atoms with Crippen LogP contribution in [0.4, 0.5) is 0 Å². The van der Waals surface area contributed by atoms with E-state index < -0.39 is 0 Å². The van der Waals surface area contributed by atoms with E-state index >= 15 is 0 Å². The third-order valence-electron chi connectivity index (χ3n) is 4.99. The predicted octanol–water partition coefficient (Wildman–Crippen LogP) is 3.48. The van der Waals surface area contributed by atoms with Gasteiger partial charge < -0.3 is 9.88 Å². The number of aromatic amines is 1. The molecule has 2 aromatic rings. The normalized spacial score (nSPS) is 15.6. The number of hydrogen-bond acceptors (Lipinski definition) is 3. The number of carbonyl (C=O) groups is 1. The lowest BCUT2D eigenvalue weighted by Gasteiger charge is -2.31. The fourth-order valence-electron chi connectivity index (χ4n) is 3.51. The molecule has 0 saturated heterocycles. The number of amides is 1. The fourth-order valence-corrected chi connectivity index (χ4v) is 3.83. The highest BCUT2D eigenvalue weighted by atomic mass is 32.1. The van der Waals surface area contributed by atoms with Gasteiger partial charge in [0.15, 0.2) is 4.77 Å². The quantitative estimate of drug-likeness (QED) is 0.867. The first-order chi connectivity index (χ1) is 11.5. The summed E-state index contributed by atoms with van der Waals surface area (Å²) < 4.78 is 1.91. The summed E-state index contributed by atoms with van der Waals surface area (Å²) in [7, 11) is 1.87. The van der Waals surface area contributed by atoms with Crippen LogP contribution < -0.4 is 5.56 Å². The Labute approximate surface area is 146 Å². The second-order valence-electron chi connectivity index (χ2n) is 6.45. The molecule has 1 fully saturated rings. The molecule has 3 rings (SSSR count). The second-order valence-corrected chi connectivity index (χ2v) is 6.83. The molecule has 5 nitrogen and oxygen atoms in total. The van der Waals surface area contributed by atoms with E-state index in [-0.39, 0.29) is 11.5 Å². The van der Waals surface area contributed by atoms with Crippen molar-refractivity contribution in [2.24, 2.45) is 0 Å². The average Bonchev–Trinajstić information content (AvgIpc) is 2.61. The van der Waals surface area contributed by atoms with Gasteiger partial charge in [-0.3, -0.25) is 14.2 Å². The lowest BCUT2D eigenvalue weighted by Crippen LogP contribution is -2.38. The van der Waals surface area contributed by atoms with Crippen LogP contribution in [0.1, 0.15) is 49.4 Å². The highest BCUT2D eigenvalue weighted by molar-refractivity contribution is 7.71. The van der Waals surface area contributed by atoms with E-state index in [2.05, 4.69) is 4.98 Å². The number of hydrogen-bond donors (Lipinski definition) is 1. The monoisotopic (exact) mass is 345 g/mol. The Bertz CT molecular complexity index is 878. The molecule has 1 amide bonds. The minimum atomic E-state index is -0.115. The number of carbonyl (C=O) groups excluding carboxylic acids is 1. The summed E-state index contributed by atoms with van der Waals surface area (Å²) in [4.78, 5) is 30.1. The van der Waals surface area contributed by atoms with E-state index in [1.165, 1.54) is 23.8 Å². The summed E-state index contributed by atoms with van der Waals surface area (Å²) in [6, 6.07) is 5.52. The summed E-state index contributed by atoms with van der Waals surface area (Å²) in [5, 5.41) is 0.558. The van der Waals surface area contributed by atoms with Gasteiger partial charge in [0.2, 0.25) is 0 Å². The van der Waals surface area contributed by atoms with Crippen molar-refractivity contribution >= 4 is 29.0 Å². The molecule has 0 bridgehead atoms. The molecular formula is C18H23N3O2S. The summed E-state index contributed by atoms with van der Waals surface area (Å²) >= 11 is 5.24. The Kier molecular flexibility index (Phi) is 4.85. The molecule has 1 aromatic carbocycles. The first-order valence-electron chi connectivity index (χ1n) is 8.57. The second kappa shape index (κ2) is 6.89. The van der Waals surface area contributed by atoms with Crippen molar-refractivity contribution in [3.8, 4) is 0 Å². The lowest BCUT2D eigenvalue weighted by molar-refractivity contribution is 0.0696. The van der Waals surface area contributed by atoms with Gasteiger partial charge in [-0.1, -0.05) is 19.3 Å². The molecule has 0 atom stereocenters. The van der Waals surface area contributed by atoms with Crippen LogP contribution in [0, 0.1) is 4.77 Å². The van der Waals surface area contributed by atoms with Gasteiger partial charge in [-0.15, -0.1) is 0 Å². The van der Waals surface area contributed by atoms with E-state index in [0.717, 1.165) is 12.8 Å². The first-order valence-corrected chi connectivity index (χ1v) is 8.97. The third-order valence-corrected chi connectivity index (χ3v) is 5.31. The van der Waals surface area contributed by atoms with Crippen molar-refractivity contribution in [1.29, 1.82) is 0 Å². The fraction of sp³-hybridized carbons (Fsp3) is 0.500. The Morgan fingerprint density at radius 1 is 1.33 bits per heavy atom. The van der Waals surface area contributed by atoms with Gasteiger partial charge in [-0.25, -0.2) is 0 Å². The van der Waals surface area contributed by atoms with Crippen molar-refractivity contribution in [2.75, 3.05) is 7.05 Å². The molecule has 0 spiro atoms. The topological polar surface area (TPSA) is 58.1 Å². The highest BCUT2D eigenvalue weighted by Gasteiger charge is 2.23. The highest BCUT2D eigenvalue weighted by Crippen LogP contribution is 2.23. The van der Waals surface area contributed by atoms with Crippen LogP contribution in [0.3, 0.4) is 0 Å². The minimum absolute atomic E-state index is 0.00258. The average molecular weight is 345 g/mol. The van der Waals surface area contributed by atoms with Crippen LogP contribution >= 0.6 is 12.2 Å². The van der Waals surface area contributed by atoms with Gasteiger partial charge in [0.1, 0.15) is 0 Å². The zero-order chi connectivity index (χ0) is 17.3. The van der Waals surface area contributed by atoms with Crippen LogP contribution in [-0.2, 0) is 6.54 Å². The van der Waals surface area contributed by atoms with Gasteiger partial charge >= 0.3 is 0 Å². The summed E-state index contributed by atoms with van der Waals surface area (Å²) in [5.41, 5.74) is 1.10. The van der Waals surface area contributed by atoms with Crippen molar-refractivity contribution in [1.82, 2.24) is 14.5 Å². The zero-order valence-electron chi connectivity index (χ0n) is 14.2. The standard InChI is InChI=1S/C18H23N3O2S/c1-3-21-17(23)14-10-9-12(11-15(14)19-18(21)24)16(22)20(2)13-7-5-4-6-8-13/h9-11,13H,3-8H2,1-2H3,(H,19,24). The molecule has 1 saturated carbocycles. The maximum atomic E-state index is 12.8. The Morgan fingerprint density at radius 3 is 2.71 bits per heavy atom. The van der Waals surface area contributed by atoms with Crippen LogP contribution in [0.2, 0.25) is 0 Å². The van der Waals surface area contributed by atoms with E-state index in [1.807, 2.05) is 18.9 Å². The van der Waals surface area contributed by atoms with Gasteiger partial charge in [0.05, 0.1) is 10.9 Å². The smallest absolute Gasteiger partial charge is 0.262 e. The van der Waals surface area contributed by atoms with Gasteiger partial charge in [0, 0.05) is 25.2 Å². The number of rotatable bonds is 3. The molecule has 0 unspecified atom stereocenters. The number of nitrogens with zero attached hydrogens (tertiary/aromatic N) is 2. The van der Waals surface area contributed by atoms with Crippen LogP contribution in [0.25, 0.3) is 10.9 Å². The van der Waals surface area contributed by atoms with Crippen molar-refractivity contribution in [3.63, 3.8) is 0 Å². The Balaban J connectivity index is 1.97. The molecule has 1 heterocycles. The largest absolute Gasteiger partial charge is 0.339 e. The number of fused-ring (bicyclic) bond motifs is 1. The van der Waals surface area contributed by atoms with Crippen molar-refractivity contribution < 1.29 is 4.79 Å². The number of nitrogens with one attached hydrogen (secondary N) is 1. The number of aromatic nitrogens is 2. The van der Waals surface area contributed by atoms with Crippen LogP contribution in [0.15, 0.2) is 23.0 Å². The maximum Gasteiger partial charge on any atom is 0.262 e. The number of benzene rings is 1. The van der Waals surface area contributed by atoms with E-state index in [4.69, 9.17) is 12.2 Å². The molecule has 6 heteroatoms. The molecule has 128 valence electrons. The molecule has 0 radical (unpaired) electrons. The summed E-state index contributed by atoms with van der Waals surface area (Å²) in [5.74, 6) is 0.00258. The van der Waals surface area contributed by atoms with Gasteiger partial charge in [-0.2, -0.15) is 0 Å². The molecule has 1 aliphatic carbocycles. The van der Waals surface area contributed by atoms with E-state index in [0.29, 0.717) is 33.8 Å². The first kappa shape index (κ1) is 16.9. The molecule has 1 aromatic heterocycles. The minimum Gasteiger partial charge on any atom is -0.339 e. The van der Waals surface area contributed by atoms with Gasteiger partial charge in [-0.05, 0) is 50.2 Å². The molecule has 1 aliphatic rings. The third kappa shape index (κ3) is 3.02. The van der Waals surface area contributed by atoms with Gasteiger partial charge in [0.25, 0.3) is 11.5 Å². The van der Waals surface area contributed by atoms with Crippen molar-refractivity contribution in [2.45, 2.75) is 51.6 Å². The van der Waals surface area contributed by atoms with Crippen LogP contribution in [-0.4, -0.2) is 33.4 Å². The molecule has 1 N–H and O–H groups in total. The Morgan fingerprint density at radius 2 is 2.04 bits per heavy atom. The Hall–Kier alpha value is -1.95. The summed E-state index contributed by atoms with van der Waals surface area (Å²) in [6.45, 7) is 2.41. The molecule has 24 heavy (non-hydrogen) atoms. The maximum absolute atomic E-state index is 12.8. The molecule has 0 aliphatic heterocycles.